The van der Waals surface area contributed by atoms with E-state index in [0.717, 1.165) is 0 Å². The van der Waals surface area contributed by atoms with E-state index in [9.17, 15) is 4.79 Å². The summed E-state index contributed by atoms with van der Waals surface area (Å²) in [5, 5.41) is 0. The lowest BCUT2D eigenvalue weighted by molar-refractivity contribution is -0.140. The number of carbonyl (C=O) groups excluding carboxylic acids is 1. The Hall–Kier alpha value is 1.21. The van der Waals surface area contributed by atoms with Gasteiger partial charge in [0.1, 0.15) is 0 Å². The summed E-state index contributed by atoms with van der Waals surface area (Å²) >= 11 is 28.8. The molecule has 20 heavy (non-hydrogen) atoms. The van der Waals surface area contributed by atoms with Crippen molar-refractivity contribution in [2.45, 2.75) is 62.0 Å². The second-order valence-corrected chi connectivity index (χ2v) is 7.09. The second-order valence-electron chi connectivity index (χ2n) is 3.13. The molecule has 0 N–H and O–H groups in total. The summed E-state index contributed by atoms with van der Waals surface area (Å²) < 4.78 is 2.90. The lowest BCUT2D eigenvalue weighted by atomic mass is 10.2. The van der Waals surface area contributed by atoms with E-state index in [4.69, 9.17) is 69.6 Å². The Morgan fingerprint density at radius 3 is 1.15 bits per heavy atom. The Morgan fingerprint density at radius 2 is 1.10 bits per heavy atom. The first-order valence-corrected chi connectivity index (χ1v) is 8.75. The molecule has 0 spiro atoms. The van der Waals surface area contributed by atoms with Crippen LogP contribution in [0, 0.1) is 0 Å². The van der Waals surface area contributed by atoms with Crippen LogP contribution in [0.1, 0.15) is 53.4 Å². The van der Waals surface area contributed by atoms with Crippen molar-refractivity contribution < 1.29 is 9.53 Å². The lowest BCUT2D eigenvalue weighted by Gasteiger charge is -1.89. The molecule has 0 heterocycles. The van der Waals surface area contributed by atoms with Gasteiger partial charge in [0.2, 0.25) is 0 Å². The van der Waals surface area contributed by atoms with Crippen LogP contribution in [0.5, 0.6) is 0 Å². The van der Waals surface area contributed by atoms with Crippen molar-refractivity contribution in [1.29, 1.82) is 0 Å². The van der Waals surface area contributed by atoms with Crippen molar-refractivity contribution in [3.63, 3.8) is 0 Å². The molecule has 0 rings (SSSR count). The van der Waals surface area contributed by atoms with Gasteiger partial charge in [0, 0.05) is 6.92 Å². The van der Waals surface area contributed by atoms with Crippen LogP contribution in [0.25, 0.3) is 0 Å². The molecule has 0 atom stereocenters. The van der Waals surface area contributed by atoms with Crippen LogP contribution in [0.2, 0.25) is 0 Å². The van der Waals surface area contributed by atoms with E-state index >= 15 is 0 Å². The number of ether oxygens (including phenoxy) is 1. The SMILES string of the molecule is CCCCCC.CCOC(C)=O.ClC(Cl)Cl.ClC(Cl)Cl. The lowest BCUT2D eigenvalue weighted by Crippen LogP contribution is -1.95. The fraction of sp³-hybridized carbons (Fsp3) is 0.917. The van der Waals surface area contributed by atoms with Crippen molar-refractivity contribution in [2.24, 2.45) is 0 Å². The number of hydrogen-bond donors (Lipinski definition) is 0. The van der Waals surface area contributed by atoms with Crippen LogP contribution >= 0.6 is 69.6 Å². The predicted octanol–water partition coefficient (Wildman–Crippen LogP) is 7.13. The molecule has 0 aliphatic carbocycles. The Labute approximate surface area is 153 Å². The van der Waals surface area contributed by atoms with Gasteiger partial charge in [-0.2, -0.15) is 0 Å². The number of alkyl halides is 6. The van der Waals surface area contributed by atoms with Crippen LogP contribution in [-0.2, 0) is 9.53 Å². The third-order valence-corrected chi connectivity index (χ3v) is 1.30. The van der Waals surface area contributed by atoms with Crippen LogP contribution < -0.4 is 0 Å². The molecule has 2 nitrogen and oxygen atoms in total. The summed E-state index contributed by atoms with van der Waals surface area (Å²) in [5.41, 5.74) is 0. The van der Waals surface area contributed by atoms with Gasteiger partial charge in [-0.25, -0.2) is 0 Å². The van der Waals surface area contributed by atoms with Crippen molar-refractivity contribution in [3.05, 3.63) is 0 Å². The Balaban J connectivity index is -0.0000000871. The molecule has 0 aromatic carbocycles. The summed E-state index contributed by atoms with van der Waals surface area (Å²) in [5.74, 6) is -0.211. The van der Waals surface area contributed by atoms with Gasteiger partial charge in [0.05, 0.1) is 6.61 Å². The summed E-state index contributed by atoms with van der Waals surface area (Å²) in [4.78, 5) is 9.82. The van der Waals surface area contributed by atoms with Gasteiger partial charge in [-0.15, -0.1) is 0 Å². The topological polar surface area (TPSA) is 26.3 Å². The third kappa shape index (κ3) is 123. The van der Waals surface area contributed by atoms with Crippen LogP contribution in [-0.4, -0.2) is 21.2 Å². The van der Waals surface area contributed by atoms with Crippen molar-refractivity contribution in [3.8, 4) is 0 Å². The van der Waals surface area contributed by atoms with Gasteiger partial charge >= 0.3 is 5.97 Å². The first kappa shape index (κ1) is 29.2. The maximum atomic E-state index is 9.82. The number of rotatable bonds is 4. The van der Waals surface area contributed by atoms with Crippen molar-refractivity contribution >= 4 is 75.6 Å². The summed E-state index contributed by atoms with van der Waals surface area (Å²) in [6.45, 7) is 8.12. The van der Waals surface area contributed by atoms with Crippen molar-refractivity contribution in [2.75, 3.05) is 6.61 Å². The highest BCUT2D eigenvalue weighted by Crippen LogP contribution is 2.04. The zero-order valence-corrected chi connectivity index (χ0v) is 16.8. The molecule has 0 saturated carbocycles. The second kappa shape index (κ2) is 28.4. The molecule has 0 unspecified atom stereocenters. The zero-order chi connectivity index (χ0) is 17.0. The van der Waals surface area contributed by atoms with Gasteiger partial charge in [0.15, 0.2) is 8.59 Å². The maximum absolute atomic E-state index is 9.82. The summed E-state index contributed by atoms with van der Waals surface area (Å²) in [6.07, 6.45) is 5.54. The molecule has 0 radical (unpaired) electrons. The molecule has 126 valence electrons. The normalized spacial score (nSPS) is 8.60. The highest BCUT2D eigenvalue weighted by atomic mass is 35.6. The van der Waals surface area contributed by atoms with Gasteiger partial charge in [-0.1, -0.05) is 109 Å². The molecule has 8 heteroatoms. The molecule has 0 aromatic heterocycles. The smallest absolute Gasteiger partial charge is 0.302 e. The minimum atomic E-state index is -0.750. The molecule has 0 fully saturated rings. The number of halogens is 6. The van der Waals surface area contributed by atoms with E-state index in [1.165, 1.54) is 32.6 Å². The molecular weight excluding hydrogens is 389 g/mol. The van der Waals surface area contributed by atoms with E-state index in [2.05, 4.69) is 18.6 Å². The minimum absolute atomic E-state index is 0.211. The highest BCUT2D eigenvalue weighted by Gasteiger charge is 1.81. The van der Waals surface area contributed by atoms with Crippen LogP contribution in [0.15, 0.2) is 0 Å². The molecular formula is C12H24Cl6O2. The zero-order valence-electron chi connectivity index (χ0n) is 12.3. The molecule has 0 bridgehead atoms. The van der Waals surface area contributed by atoms with Gasteiger partial charge < -0.3 is 4.74 Å². The number of hydrogen-bond acceptors (Lipinski definition) is 2. The average molecular weight is 413 g/mol. The quantitative estimate of drug-likeness (QED) is 0.279. The minimum Gasteiger partial charge on any atom is -0.466 e. The Bertz CT molecular complexity index is 153. The molecule has 0 aliphatic rings. The highest BCUT2D eigenvalue weighted by molar-refractivity contribution is 6.63. The van der Waals surface area contributed by atoms with Crippen LogP contribution in [0.4, 0.5) is 0 Å². The number of carbonyl (C=O) groups is 1. The number of esters is 1. The van der Waals surface area contributed by atoms with Gasteiger partial charge in [0.25, 0.3) is 0 Å². The number of unbranched alkanes of at least 4 members (excludes halogenated alkanes) is 3. The summed E-state index contributed by atoms with van der Waals surface area (Å²) in [6, 6.07) is 0. The Kier molecular flexibility index (Phi) is 41.5. The van der Waals surface area contributed by atoms with E-state index in [1.54, 1.807) is 6.92 Å². The molecule has 0 aliphatic heterocycles. The molecule has 0 amide bonds. The van der Waals surface area contributed by atoms with Crippen LogP contribution in [0.3, 0.4) is 0 Å². The van der Waals surface area contributed by atoms with E-state index in [-0.39, 0.29) is 5.97 Å². The van der Waals surface area contributed by atoms with E-state index in [0.29, 0.717) is 6.61 Å². The third-order valence-electron chi connectivity index (χ3n) is 1.30. The first-order chi connectivity index (χ1) is 9.15. The van der Waals surface area contributed by atoms with Gasteiger partial charge in [-0.05, 0) is 6.92 Å². The van der Waals surface area contributed by atoms with Gasteiger partial charge in [-0.3, -0.25) is 4.79 Å². The van der Waals surface area contributed by atoms with E-state index < -0.39 is 8.59 Å². The maximum Gasteiger partial charge on any atom is 0.302 e. The Morgan fingerprint density at radius 1 is 0.850 bits per heavy atom. The van der Waals surface area contributed by atoms with Crippen molar-refractivity contribution in [1.82, 2.24) is 0 Å². The fourth-order valence-corrected chi connectivity index (χ4v) is 0.703. The fourth-order valence-electron chi connectivity index (χ4n) is 0.703. The monoisotopic (exact) mass is 410 g/mol. The van der Waals surface area contributed by atoms with E-state index in [1.807, 2.05) is 0 Å². The predicted molar refractivity (Wildman–Crippen MR) is 94.8 cm³/mol. The molecule has 0 saturated heterocycles. The first-order valence-electron chi connectivity index (χ1n) is 6.13. The average Bonchev–Trinajstić information content (AvgIpc) is 2.25. The standard InChI is InChI=1S/C6H14.C4H8O2.2CHCl3/c1-3-5-6-4-2;1-3-6-4(2)5;2*2-1(3)4/h3-6H2,1-2H3;3H2,1-2H3;2*1H. The largest absolute Gasteiger partial charge is 0.466 e. The molecule has 0 aromatic rings. The summed E-state index contributed by atoms with van der Waals surface area (Å²) in [7, 11) is 0.